The third-order valence-electron chi connectivity index (χ3n) is 6.02. The number of benzene rings is 2. The van der Waals surface area contributed by atoms with Gasteiger partial charge in [0.05, 0.1) is 5.56 Å². The minimum absolute atomic E-state index is 0.0336. The Labute approximate surface area is 186 Å². The van der Waals surface area contributed by atoms with Crippen molar-refractivity contribution in [1.82, 2.24) is 15.5 Å². The number of imide groups is 1. The topological polar surface area (TPSA) is 78.5 Å². The van der Waals surface area contributed by atoms with E-state index in [4.69, 9.17) is 0 Å². The van der Waals surface area contributed by atoms with E-state index >= 15 is 0 Å². The third-order valence-corrected chi connectivity index (χ3v) is 7.41. The maximum absolute atomic E-state index is 13.2. The molecule has 0 aromatic heterocycles. The van der Waals surface area contributed by atoms with Crippen LogP contribution in [-0.2, 0) is 11.2 Å². The smallest absolute Gasteiger partial charge is 0.322 e. The van der Waals surface area contributed by atoms with Crippen molar-refractivity contribution in [3.05, 3.63) is 65.7 Å². The van der Waals surface area contributed by atoms with Crippen LogP contribution in [0, 0.1) is 5.92 Å². The van der Waals surface area contributed by atoms with Crippen molar-refractivity contribution in [2.75, 3.05) is 18.8 Å². The van der Waals surface area contributed by atoms with Gasteiger partial charge in [-0.3, -0.25) is 14.9 Å². The molecule has 2 heterocycles. The molecule has 0 unspecified atom stereocenters. The highest BCUT2D eigenvalue weighted by atomic mass is 32.2. The third kappa shape index (κ3) is 4.93. The summed E-state index contributed by atoms with van der Waals surface area (Å²) in [5.74, 6) is 0.648. The molecule has 0 bridgehead atoms. The molecule has 2 aromatic carbocycles. The van der Waals surface area contributed by atoms with Crippen LogP contribution in [0.3, 0.4) is 0 Å². The first-order valence-electron chi connectivity index (χ1n) is 10.6. The van der Waals surface area contributed by atoms with Crippen molar-refractivity contribution < 1.29 is 14.4 Å². The zero-order valence-corrected chi connectivity index (χ0v) is 18.4. The summed E-state index contributed by atoms with van der Waals surface area (Å²) in [6, 6.07) is 17.5. The van der Waals surface area contributed by atoms with E-state index in [2.05, 4.69) is 34.9 Å². The van der Waals surface area contributed by atoms with E-state index in [1.165, 1.54) is 17.3 Å². The van der Waals surface area contributed by atoms with Crippen LogP contribution in [0.1, 0.15) is 35.7 Å². The number of likely N-dealkylation sites (tertiary alicyclic amines) is 1. The molecule has 0 radical (unpaired) electrons. The van der Waals surface area contributed by atoms with Crippen molar-refractivity contribution in [3.63, 3.8) is 0 Å². The van der Waals surface area contributed by atoms with Crippen LogP contribution < -0.4 is 10.6 Å². The molecule has 6 nitrogen and oxygen atoms in total. The molecule has 0 aliphatic carbocycles. The highest BCUT2D eigenvalue weighted by Gasteiger charge is 2.42. The lowest BCUT2D eigenvalue weighted by Crippen LogP contribution is -2.46. The zero-order valence-electron chi connectivity index (χ0n) is 17.6. The van der Waals surface area contributed by atoms with Gasteiger partial charge in [-0.25, -0.2) is 4.79 Å². The Kier molecular flexibility index (Phi) is 6.32. The number of urea groups is 1. The van der Waals surface area contributed by atoms with Crippen LogP contribution >= 0.6 is 11.8 Å². The highest BCUT2D eigenvalue weighted by molar-refractivity contribution is 7.99. The molecule has 2 N–H and O–H groups in total. The molecular formula is C24H27N3O3S. The number of piperidine rings is 1. The molecular weight excluding hydrogens is 410 g/mol. The maximum Gasteiger partial charge on any atom is 0.322 e. The fourth-order valence-corrected chi connectivity index (χ4v) is 5.26. The molecule has 2 saturated heterocycles. The van der Waals surface area contributed by atoms with E-state index in [1.54, 1.807) is 6.92 Å². The van der Waals surface area contributed by atoms with E-state index < -0.39 is 11.6 Å². The van der Waals surface area contributed by atoms with Crippen LogP contribution in [0.2, 0.25) is 0 Å². The molecule has 2 aliphatic heterocycles. The quantitative estimate of drug-likeness (QED) is 0.536. The number of thioether (sulfide) groups is 1. The molecule has 2 aromatic rings. The Hall–Kier alpha value is -2.80. The van der Waals surface area contributed by atoms with Crippen molar-refractivity contribution in [2.45, 2.75) is 36.6 Å². The van der Waals surface area contributed by atoms with Crippen LogP contribution in [-0.4, -0.2) is 47.1 Å². The molecule has 2 aliphatic rings. The summed E-state index contributed by atoms with van der Waals surface area (Å²) in [4.78, 5) is 39.6. The standard InChI is InChI=1S/C24H27N3O3S/c1-24(22(29)25-23(30)26-24)16-31-20-10-6-5-9-19(20)21(28)27-13-11-18(12-14-27)15-17-7-3-2-4-8-17/h2-10,18H,11-16H2,1H3,(H2,25,26,29,30)/t24-/m0/s1. The second kappa shape index (κ2) is 9.14. The Morgan fingerprint density at radius 3 is 2.42 bits per heavy atom. The van der Waals surface area contributed by atoms with Gasteiger partial charge in [0, 0.05) is 23.7 Å². The first kappa shape index (κ1) is 21.4. The number of rotatable bonds is 6. The summed E-state index contributed by atoms with van der Waals surface area (Å²) < 4.78 is 0. The number of hydrogen-bond donors (Lipinski definition) is 2. The van der Waals surface area contributed by atoms with Gasteiger partial charge in [-0.05, 0) is 49.8 Å². The largest absolute Gasteiger partial charge is 0.339 e. The Morgan fingerprint density at radius 2 is 1.74 bits per heavy atom. The minimum atomic E-state index is -0.978. The SMILES string of the molecule is C[C@@]1(CSc2ccccc2C(=O)N2CCC(Cc3ccccc3)CC2)NC(=O)NC1=O. The summed E-state index contributed by atoms with van der Waals surface area (Å²) in [5.41, 5.74) is 1.03. The number of carbonyl (C=O) groups excluding carboxylic acids is 3. The summed E-state index contributed by atoms with van der Waals surface area (Å²) in [5, 5.41) is 4.95. The van der Waals surface area contributed by atoms with Gasteiger partial charge in [-0.2, -0.15) is 0 Å². The second-order valence-electron chi connectivity index (χ2n) is 8.45. The van der Waals surface area contributed by atoms with Gasteiger partial charge in [-0.15, -0.1) is 11.8 Å². The van der Waals surface area contributed by atoms with Gasteiger partial charge in [0.15, 0.2) is 0 Å². The zero-order chi connectivity index (χ0) is 21.8. The molecule has 4 rings (SSSR count). The normalized spacial score (nSPS) is 21.6. The first-order chi connectivity index (χ1) is 14.9. The molecule has 4 amide bonds. The molecule has 7 heteroatoms. The average molecular weight is 438 g/mol. The van der Waals surface area contributed by atoms with E-state index in [0.717, 1.165) is 37.2 Å². The number of nitrogens with zero attached hydrogens (tertiary/aromatic N) is 1. The highest BCUT2D eigenvalue weighted by Crippen LogP contribution is 2.30. The van der Waals surface area contributed by atoms with Gasteiger partial charge in [0.25, 0.3) is 11.8 Å². The van der Waals surface area contributed by atoms with E-state index in [0.29, 0.717) is 17.2 Å². The molecule has 31 heavy (non-hydrogen) atoms. The Bertz CT molecular complexity index is 973. The van der Waals surface area contributed by atoms with Gasteiger partial charge in [0.2, 0.25) is 0 Å². The second-order valence-corrected chi connectivity index (χ2v) is 9.47. The van der Waals surface area contributed by atoms with Crippen LogP contribution in [0.25, 0.3) is 0 Å². The van der Waals surface area contributed by atoms with Crippen molar-refractivity contribution in [2.24, 2.45) is 5.92 Å². The summed E-state index contributed by atoms with van der Waals surface area (Å²) in [6.45, 7) is 3.21. The lowest BCUT2D eigenvalue weighted by Gasteiger charge is -2.32. The van der Waals surface area contributed by atoms with E-state index in [1.807, 2.05) is 35.2 Å². The monoisotopic (exact) mass is 437 g/mol. The van der Waals surface area contributed by atoms with Gasteiger partial charge < -0.3 is 10.2 Å². The molecule has 1 atom stereocenters. The van der Waals surface area contributed by atoms with Crippen LogP contribution in [0.5, 0.6) is 0 Å². The molecule has 2 fully saturated rings. The van der Waals surface area contributed by atoms with Gasteiger partial charge in [0.1, 0.15) is 5.54 Å². The summed E-state index contributed by atoms with van der Waals surface area (Å²) >= 11 is 1.42. The average Bonchev–Trinajstić information content (AvgIpc) is 3.04. The van der Waals surface area contributed by atoms with Gasteiger partial charge in [-0.1, -0.05) is 42.5 Å². The summed E-state index contributed by atoms with van der Waals surface area (Å²) in [7, 11) is 0. The molecule has 0 saturated carbocycles. The predicted molar refractivity (Wildman–Crippen MR) is 121 cm³/mol. The fraction of sp³-hybridized carbons (Fsp3) is 0.375. The predicted octanol–water partition coefficient (Wildman–Crippen LogP) is 3.47. The van der Waals surface area contributed by atoms with Crippen molar-refractivity contribution >= 4 is 29.6 Å². The van der Waals surface area contributed by atoms with Gasteiger partial charge >= 0.3 is 6.03 Å². The maximum atomic E-state index is 13.2. The number of hydrogen-bond acceptors (Lipinski definition) is 4. The van der Waals surface area contributed by atoms with Crippen LogP contribution in [0.15, 0.2) is 59.5 Å². The molecule has 162 valence electrons. The van der Waals surface area contributed by atoms with E-state index in [-0.39, 0.29) is 11.8 Å². The Balaban J connectivity index is 1.37. The lowest BCUT2D eigenvalue weighted by molar-refractivity contribution is -0.122. The first-order valence-corrected chi connectivity index (χ1v) is 11.6. The minimum Gasteiger partial charge on any atom is -0.339 e. The Morgan fingerprint density at radius 1 is 1.06 bits per heavy atom. The number of amides is 4. The lowest BCUT2D eigenvalue weighted by atomic mass is 9.90. The molecule has 0 spiro atoms. The number of carbonyl (C=O) groups is 3. The summed E-state index contributed by atoms with van der Waals surface area (Å²) in [6.07, 6.45) is 3.06. The van der Waals surface area contributed by atoms with Crippen LogP contribution in [0.4, 0.5) is 4.79 Å². The van der Waals surface area contributed by atoms with Crippen molar-refractivity contribution in [1.29, 1.82) is 0 Å². The number of nitrogens with one attached hydrogen (secondary N) is 2. The van der Waals surface area contributed by atoms with Crippen molar-refractivity contribution in [3.8, 4) is 0 Å². The van der Waals surface area contributed by atoms with E-state index in [9.17, 15) is 14.4 Å². The fourth-order valence-electron chi connectivity index (χ4n) is 4.13.